The molecule has 6 nitrogen and oxygen atoms in total. The van der Waals surface area contributed by atoms with Gasteiger partial charge in [-0.05, 0) is 18.8 Å². The Morgan fingerprint density at radius 3 is 2.74 bits per heavy atom. The van der Waals surface area contributed by atoms with Gasteiger partial charge in [0.1, 0.15) is 0 Å². The number of piperidine rings is 1. The van der Waals surface area contributed by atoms with Crippen molar-refractivity contribution >= 4 is 6.01 Å². The topological polar surface area (TPSA) is 63.4 Å². The summed E-state index contributed by atoms with van der Waals surface area (Å²) < 4.78 is 10.9. The fourth-order valence-corrected chi connectivity index (χ4v) is 2.26. The maximum Gasteiger partial charge on any atom is 0.318 e. The number of hydrogen-bond donors (Lipinski definition) is 1. The molecule has 2 rings (SSSR count). The molecular weight excluding hydrogens is 244 g/mol. The molecule has 1 N–H and O–H groups in total. The number of rotatable bonds is 6. The van der Waals surface area contributed by atoms with E-state index >= 15 is 0 Å². The second-order valence-corrected chi connectivity index (χ2v) is 5.40. The summed E-state index contributed by atoms with van der Waals surface area (Å²) in [7, 11) is 1.76. The van der Waals surface area contributed by atoms with Gasteiger partial charge in [0.15, 0.2) is 0 Å². The first-order valence-corrected chi connectivity index (χ1v) is 6.98. The van der Waals surface area contributed by atoms with E-state index in [0.717, 1.165) is 32.5 Å². The minimum absolute atomic E-state index is 0.417. The Morgan fingerprint density at radius 1 is 1.37 bits per heavy atom. The van der Waals surface area contributed by atoms with Crippen molar-refractivity contribution in [3.63, 3.8) is 0 Å². The predicted octanol–water partition coefficient (Wildman–Crippen LogP) is 1.43. The fraction of sp³-hybridized carbons (Fsp3) is 0.846. The predicted molar refractivity (Wildman–Crippen MR) is 73.1 cm³/mol. The third kappa shape index (κ3) is 4.18. The zero-order valence-electron chi connectivity index (χ0n) is 12.1. The lowest BCUT2D eigenvalue weighted by Gasteiger charge is -2.30. The van der Waals surface area contributed by atoms with Crippen LogP contribution in [0.25, 0.3) is 0 Å². The second-order valence-electron chi connectivity index (χ2n) is 5.40. The molecule has 0 atom stereocenters. The molecule has 0 bridgehead atoms. The fourth-order valence-electron chi connectivity index (χ4n) is 2.26. The van der Waals surface area contributed by atoms with Gasteiger partial charge in [-0.1, -0.05) is 18.9 Å². The quantitative estimate of drug-likeness (QED) is 0.842. The van der Waals surface area contributed by atoms with Crippen LogP contribution in [0.5, 0.6) is 0 Å². The van der Waals surface area contributed by atoms with Crippen LogP contribution in [0.2, 0.25) is 0 Å². The van der Waals surface area contributed by atoms with E-state index in [4.69, 9.17) is 9.15 Å². The number of hydrogen-bond acceptors (Lipinski definition) is 6. The van der Waals surface area contributed by atoms with Gasteiger partial charge in [0.25, 0.3) is 0 Å². The van der Waals surface area contributed by atoms with Crippen molar-refractivity contribution in [1.29, 1.82) is 0 Å². The van der Waals surface area contributed by atoms with Crippen molar-refractivity contribution in [3.05, 3.63) is 5.89 Å². The number of nitrogens with one attached hydrogen (secondary N) is 1. The lowest BCUT2D eigenvalue weighted by molar-refractivity contribution is 0.138. The Morgan fingerprint density at radius 2 is 2.11 bits per heavy atom. The van der Waals surface area contributed by atoms with E-state index in [1.54, 1.807) is 7.11 Å². The standard InChI is InChI=1S/C13H24N4O2/c1-10(2)14-8-12-15-16-13(19-12)17-6-4-11(5-7-17)9-18-3/h10-11,14H,4-9H2,1-3H3. The summed E-state index contributed by atoms with van der Waals surface area (Å²) in [5.74, 6) is 1.31. The minimum atomic E-state index is 0.417. The Bertz CT molecular complexity index is 372. The normalized spacial score (nSPS) is 17.4. The summed E-state index contributed by atoms with van der Waals surface area (Å²) in [6, 6.07) is 1.07. The zero-order chi connectivity index (χ0) is 13.7. The van der Waals surface area contributed by atoms with E-state index in [1.807, 2.05) is 0 Å². The van der Waals surface area contributed by atoms with Gasteiger partial charge in [0.2, 0.25) is 5.89 Å². The largest absolute Gasteiger partial charge is 0.407 e. The molecule has 2 heterocycles. The van der Waals surface area contributed by atoms with E-state index < -0.39 is 0 Å². The monoisotopic (exact) mass is 268 g/mol. The third-order valence-electron chi connectivity index (χ3n) is 3.41. The Labute approximate surface area is 114 Å². The molecule has 1 fully saturated rings. The lowest BCUT2D eigenvalue weighted by Crippen LogP contribution is -2.35. The molecule has 1 aliphatic rings. The summed E-state index contributed by atoms with van der Waals surface area (Å²) in [5.41, 5.74) is 0. The van der Waals surface area contributed by atoms with Crippen molar-refractivity contribution in [2.75, 3.05) is 31.7 Å². The molecular formula is C13H24N4O2. The molecule has 0 radical (unpaired) electrons. The average Bonchev–Trinajstić information content (AvgIpc) is 2.86. The molecule has 0 amide bonds. The van der Waals surface area contributed by atoms with Crippen LogP contribution in [0.15, 0.2) is 4.42 Å². The highest BCUT2D eigenvalue weighted by molar-refractivity contribution is 5.24. The highest BCUT2D eigenvalue weighted by atomic mass is 16.5. The minimum Gasteiger partial charge on any atom is -0.407 e. The molecule has 0 spiro atoms. The number of aromatic nitrogens is 2. The smallest absolute Gasteiger partial charge is 0.318 e. The van der Waals surface area contributed by atoms with Crippen LogP contribution in [0, 0.1) is 5.92 Å². The van der Waals surface area contributed by atoms with Crippen molar-refractivity contribution in [2.24, 2.45) is 5.92 Å². The Hall–Kier alpha value is -1.14. The van der Waals surface area contributed by atoms with Gasteiger partial charge in [0, 0.05) is 32.8 Å². The van der Waals surface area contributed by atoms with Gasteiger partial charge in [-0.15, -0.1) is 5.10 Å². The molecule has 1 saturated heterocycles. The van der Waals surface area contributed by atoms with Crippen LogP contribution < -0.4 is 10.2 Å². The van der Waals surface area contributed by atoms with Crippen LogP contribution in [-0.4, -0.2) is 43.0 Å². The number of nitrogens with zero attached hydrogens (tertiary/aromatic N) is 3. The van der Waals surface area contributed by atoms with Gasteiger partial charge in [-0.25, -0.2) is 0 Å². The average molecular weight is 268 g/mol. The van der Waals surface area contributed by atoms with Gasteiger partial charge in [0.05, 0.1) is 6.54 Å². The van der Waals surface area contributed by atoms with Gasteiger partial charge < -0.3 is 19.4 Å². The lowest BCUT2D eigenvalue weighted by atomic mass is 9.98. The summed E-state index contributed by atoms with van der Waals surface area (Å²) in [5, 5.41) is 11.5. The van der Waals surface area contributed by atoms with Crippen LogP contribution in [-0.2, 0) is 11.3 Å². The number of methoxy groups -OCH3 is 1. The van der Waals surface area contributed by atoms with E-state index in [0.29, 0.717) is 30.4 Å². The number of ether oxygens (including phenoxy) is 1. The highest BCUT2D eigenvalue weighted by Crippen LogP contribution is 2.22. The summed E-state index contributed by atoms with van der Waals surface area (Å²) in [4.78, 5) is 2.16. The Balaban J connectivity index is 1.82. The number of anilines is 1. The van der Waals surface area contributed by atoms with Crippen molar-refractivity contribution < 1.29 is 9.15 Å². The third-order valence-corrected chi connectivity index (χ3v) is 3.41. The van der Waals surface area contributed by atoms with Crippen LogP contribution in [0.4, 0.5) is 6.01 Å². The van der Waals surface area contributed by atoms with Crippen LogP contribution >= 0.6 is 0 Å². The summed E-state index contributed by atoms with van der Waals surface area (Å²) in [6.45, 7) is 7.60. The molecule has 1 aliphatic heterocycles. The first kappa shape index (κ1) is 14.3. The molecule has 0 aliphatic carbocycles. The van der Waals surface area contributed by atoms with E-state index in [9.17, 15) is 0 Å². The molecule has 0 saturated carbocycles. The van der Waals surface area contributed by atoms with Crippen LogP contribution in [0.3, 0.4) is 0 Å². The molecule has 1 aromatic rings. The van der Waals surface area contributed by atoms with E-state index in [1.165, 1.54) is 0 Å². The maximum atomic E-state index is 5.68. The van der Waals surface area contributed by atoms with Crippen LogP contribution in [0.1, 0.15) is 32.6 Å². The van der Waals surface area contributed by atoms with E-state index in [-0.39, 0.29) is 0 Å². The van der Waals surface area contributed by atoms with Crippen molar-refractivity contribution in [1.82, 2.24) is 15.5 Å². The van der Waals surface area contributed by atoms with E-state index in [2.05, 4.69) is 34.3 Å². The molecule has 19 heavy (non-hydrogen) atoms. The molecule has 0 aromatic carbocycles. The van der Waals surface area contributed by atoms with Crippen molar-refractivity contribution in [2.45, 2.75) is 39.3 Å². The molecule has 0 unspecified atom stereocenters. The first-order valence-electron chi connectivity index (χ1n) is 6.98. The second kappa shape index (κ2) is 6.86. The first-order chi connectivity index (χ1) is 9.19. The maximum absolute atomic E-state index is 5.68. The Kier molecular flexibility index (Phi) is 5.15. The van der Waals surface area contributed by atoms with Crippen molar-refractivity contribution in [3.8, 4) is 0 Å². The van der Waals surface area contributed by atoms with Gasteiger partial charge in [-0.3, -0.25) is 0 Å². The summed E-state index contributed by atoms with van der Waals surface area (Å²) >= 11 is 0. The zero-order valence-corrected chi connectivity index (χ0v) is 12.1. The SMILES string of the molecule is COCC1CCN(c2nnc(CNC(C)C)o2)CC1. The van der Waals surface area contributed by atoms with Gasteiger partial charge in [-0.2, -0.15) is 0 Å². The molecule has 108 valence electrons. The molecule has 6 heteroatoms. The molecule has 1 aromatic heterocycles. The highest BCUT2D eigenvalue weighted by Gasteiger charge is 2.22. The summed E-state index contributed by atoms with van der Waals surface area (Å²) in [6.07, 6.45) is 2.24. The van der Waals surface area contributed by atoms with Gasteiger partial charge >= 0.3 is 6.01 Å².